The van der Waals surface area contributed by atoms with Gasteiger partial charge in [0.2, 0.25) is 11.9 Å². The summed E-state index contributed by atoms with van der Waals surface area (Å²) in [5.41, 5.74) is 1.73. The molecule has 1 aliphatic heterocycles. The lowest BCUT2D eigenvalue weighted by atomic mass is 10.2. The monoisotopic (exact) mass is 574 g/mol. The van der Waals surface area contributed by atoms with Gasteiger partial charge in [0.25, 0.3) is 0 Å². The maximum atomic E-state index is 13.0. The predicted octanol–water partition coefficient (Wildman–Crippen LogP) is 3.42. The molecule has 42 heavy (non-hydrogen) atoms. The van der Waals surface area contributed by atoms with Crippen molar-refractivity contribution in [3.8, 4) is 17.1 Å². The van der Waals surface area contributed by atoms with E-state index in [4.69, 9.17) is 24.5 Å². The van der Waals surface area contributed by atoms with E-state index in [0.29, 0.717) is 43.6 Å². The molecule has 12 nitrogen and oxygen atoms in total. The van der Waals surface area contributed by atoms with Crippen molar-refractivity contribution in [2.45, 2.75) is 39.3 Å². The van der Waals surface area contributed by atoms with Crippen molar-refractivity contribution in [1.82, 2.24) is 34.7 Å². The Hall–Kier alpha value is -4.45. The average molecular weight is 575 g/mol. The number of carbonyl (C=O) groups is 2. The number of hydrogen-bond acceptors (Lipinski definition) is 9. The van der Waals surface area contributed by atoms with Gasteiger partial charge in [-0.15, -0.1) is 5.10 Å². The van der Waals surface area contributed by atoms with Crippen molar-refractivity contribution >= 4 is 34.5 Å². The van der Waals surface area contributed by atoms with Crippen LogP contribution in [0.2, 0.25) is 0 Å². The van der Waals surface area contributed by atoms with Crippen molar-refractivity contribution in [2.24, 2.45) is 0 Å². The average Bonchev–Trinajstić information content (AvgIpc) is 3.43. The summed E-state index contributed by atoms with van der Waals surface area (Å²) in [5.74, 6) is 1.57. The van der Waals surface area contributed by atoms with Crippen LogP contribution >= 0.6 is 0 Å². The Labute approximate surface area is 245 Å². The molecule has 1 atom stereocenters. The second-order valence-electron chi connectivity index (χ2n) is 11.3. The first-order valence-electron chi connectivity index (χ1n) is 14.2. The third-order valence-corrected chi connectivity index (χ3v) is 7.02. The van der Waals surface area contributed by atoms with Crippen LogP contribution in [0.15, 0.2) is 48.5 Å². The van der Waals surface area contributed by atoms with Gasteiger partial charge < -0.3 is 25.0 Å². The lowest BCUT2D eigenvalue weighted by molar-refractivity contribution is -0.121. The van der Waals surface area contributed by atoms with Crippen molar-refractivity contribution in [3.05, 3.63) is 48.5 Å². The number of fused-ring (bicyclic) bond motifs is 3. The molecule has 1 saturated heterocycles. The number of rotatable bonds is 8. The van der Waals surface area contributed by atoms with Crippen LogP contribution in [0.4, 0.5) is 10.7 Å². The predicted molar refractivity (Wildman–Crippen MR) is 161 cm³/mol. The molecule has 0 radical (unpaired) electrons. The molecule has 0 unspecified atom stereocenters. The van der Waals surface area contributed by atoms with Crippen LogP contribution in [-0.4, -0.2) is 99.4 Å². The molecule has 4 aromatic rings. The third-order valence-electron chi connectivity index (χ3n) is 7.02. The highest BCUT2D eigenvalue weighted by molar-refractivity contribution is 5.93. The van der Waals surface area contributed by atoms with Gasteiger partial charge in [-0.25, -0.2) is 14.8 Å². The number of methoxy groups -OCH3 is 1. The molecular weight excluding hydrogens is 536 g/mol. The van der Waals surface area contributed by atoms with Crippen LogP contribution in [0, 0.1) is 0 Å². The SMILES string of the molecule is COc1ccc(-c2nc3c4ccccc4nc(N[C@H](C)C(=O)NCCN4CCN(C(=O)OC(C)(C)C)CC4)n3n2)cc1. The van der Waals surface area contributed by atoms with Crippen LogP contribution < -0.4 is 15.4 Å². The van der Waals surface area contributed by atoms with E-state index in [0.717, 1.165) is 35.3 Å². The van der Waals surface area contributed by atoms with Gasteiger partial charge in [-0.2, -0.15) is 4.52 Å². The molecule has 1 aliphatic rings. The summed E-state index contributed by atoms with van der Waals surface area (Å²) in [4.78, 5) is 38.8. The number of hydrogen-bond donors (Lipinski definition) is 2. The zero-order valence-corrected chi connectivity index (χ0v) is 24.8. The highest BCUT2D eigenvalue weighted by Gasteiger charge is 2.26. The van der Waals surface area contributed by atoms with Crippen LogP contribution in [0.3, 0.4) is 0 Å². The largest absolute Gasteiger partial charge is 0.497 e. The van der Waals surface area contributed by atoms with E-state index < -0.39 is 11.6 Å². The number of nitrogens with zero attached hydrogens (tertiary/aromatic N) is 6. The molecule has 0 bridgehead atoms. The molecule has 0 saturated carbocycles. The van der Waals surface area contributed by atoms with Gasteiger partial charge in [0.15, 0.2) is 11.5 Å². The number of piperazine rings is 1. The van der Waals surface area contributed by atoms with Gasteiger partial charge in [-0.1, -0.05) is 12.1 Å². The van der Waals surface area contributed by atoms with Crippen molar-refractivity contribution in [1.29, 1.82) is 0 Å². The Balaban J connectivity index is 1.21. The summed E-state index contributed by atoms with van der Waals surface area (Å²) in [6.45, 7) is 11.2. The van der Waals surface area contributed by atoms with Crippen LogP contribution in [-0.2, 0) is 9.53 Å². The van der Waals surface area contributed by atoms with E-state index in [-0.39, 0.29) is 12.0 Å². The van der Waals surface area contributed by atoms with E-state index in [1.807, 2.05) is 69.3 Å². The van der Waals surface area contributed by atoms with E-state index in [2.05, 4.69) is 15.5 Å². The number of amides is 2. The number of aromatic nitrogens is 4. The lowest BCUT2D eigenvalue weighted by Crippen LogP contribution is -2.51. The first-order valence-corrected chi connectivity index (χ1v) is 14.2. The van der Waals surface area contributed by atoms with Crippen LogP contribution in [0.1, 0.15) is 27.7 Å². The standard InChI is InChI=1S/C30H38N8O4/c1-20(27(39)31-14-15-36-16-18-37(19-17-36)29(40)42-30(2,3)4)32-28-33-24-9-7-6-8-23(24)26-34-25(35-38(26)28)21-10-12-22(41-5)13-11-21/h6-13,20H,14-19H2,1-5H3,(H,31,39)(H,32,33)/t20-/m1/s1. The van der Waals surface area contributed by atoms with Crippen molar-refractivity contribution in [2.75, 3.05) is 51.7 Å². The first kappa shape index (κ1) is 29.1. The first-order chi connectivity index (χ1) is 20.1. The van der Waals surface area contributed by atoms with Crippen LogP contribution in [0.25, 0.3) is 27.9 Å². The molecule has 0 spiro atoms. The van der Waals surface area contributed by atoms with Crippen LogP contribution in [0.5, 0.6) is 5.75 Å². The molecule has 3 heterocycles. The molecule has 1 fully saturated rings. The lowest BCUT2D eigenvalue weighted by Gasteiger charge is -2.35. The fraction of sp³-hybridized carbons (Fsp3) is 0.433. The maximum absolute atomic E-state index is 13.0. The molecule has 2 N–H and O–H groups in total. The Bertz CT molecular complexity index is 1560. The summed E-state index contributed by atoms with van der Waals surface area (Å²) in [6, 6.07) is 14.7. The number of benzene rings is 2. The summed E-state index contributed by atoms with van der Waals surface area (Å²) >= 11 is 0. The molecule has 222 valence electrons. The number of carbonyl (C=O) groups excluding carboxylic acids is 2. The summed E-state index contributed by atoms with van der Waals surface area (Å²) in [7, 11) is 1.63. The minimum atomic E-state index is -0.570. The van der Waals surface area contributed by atoms with E-state index in [9.17, 15) is 9.59 Å². The zero-order chi connectivity index (χ0) is 29.9. The fourth-order valence-electron chi connectivity index (χ4n) is 4.74. The highest BCUT2D eigenvalue weighted by atomic mass is 16.6. The Kier molecular flexibility index (Phi) is 8.44. The van der Waals surface area contributed by atoms with Crippen molar-refractivity contribution in [3.63, 3.8) is 0 Å². The maximum Gasteiger partial charge on any atom is 0.410 e. The van der Waals surface area contributed by atoms with Gasteiger partial charge >= 0.3 is 6.09 Å². The summed E-state index contributed by atoms with van der Waals surface area (Å²) in [6.07, 6.45) is -0.282. The molecule has 2 aromatic carbocycles. The Morgan fingerprint density at radius 2 is 1.71 bits per heavy atom. The minimum Gasteiger partial charge on any atom is -0.497 e. The van der Waals surface area contributed by atoms with E-state index >= 15 is 0 Å². The number of ether oxygens (including phenoxy) is 2. The second-order valence-corrected chi connectivity index (χ2v) is 11.3. The molecule has 2 aromatic heterocycles. The number of para-hydroxylation sites is 1. The minimum absolute atomic E-state index is 0.152. The van der Waals surface area contributed by atoms with Gasteiger partial charge in [0.1, 0.15) is 17.4 Å². The van der Waals surface area contributed by atoms with Gasteiger partial charge in [0, 0.05) is 50.2 Å². The smallest absolute Gasteiger partial charge is 0.410 e. The third kappa shape index (κ3) is 6.71. The molecule has 12 heteroatoms. The number of nitrogens with one attached hydrogen (secondary N) is 2. The van der Waals surface area contributed by atoms with E-state index in [1.54, 1.807) is 23.4 Å². The Morgan fingerprint density at radius 3 is 2.40 bits per heavy atom. The summed E-state index contributed by atoms with van der Waals surface area (Å²) in [5, 5.41) is 11.8. The topological polar surface area (TPSA) is 126 Å². The van der Waals surface area contributed by atoms with Crippen molar-refractivity contribution < 1.29 is 19.1 Å². The zero-order valence-electron chi connectivity index (χ0n) is 24.8. The quantitative estimate of drug-likeness (QED) is 0.326. The number of anilines is 1. The summed E-state index contributed by atoms with van der Waals surface area (Å²) < 4.78 is 12.4. The van der Waals surface area contributed by atoms with E-state index in [1.165, 1.54) is 0 Å². The molecular formula is C30H38N8O4. The van der Waals surface area contributed by atoms with Gasteiger partial charge in [-0.3, -0.25) is 9.69 Å². The molecule has 5 rings (SSSR count). The molecule has 2 amide bonds. The van der Waals surface area contributed by atoms with Gasteiger partial charge in [0.05, 0.1) is 12.6 Å². The van der Waals surface area contributed by atoms with Gasteiger partial charge in [-0.05, 0) is 64.1 Å². The highest BCUT2D eigenvalue weighted by Crippen LogP contribution is 2.25. The second kappa shape index (κ2) is 12.2. The normalized spacial score (nSPS) is 15.0. The fourth-order valence-corrected chi connectivity index (χ4v) is 4.74. The molecule has 0 aliphatic carbocycles. The Morgan fingerprint density at radius 1 is 1.00 bits per heavy atom.